The second kappa shape index (κ2) is 16.1. The van der Waals surface area contributed by atoms with Crippen LogP contribution in [0, 0.1) is 5.92 Å². The summed E-state index contributed by atoms with van der Waals surface area (Å²) < 4.78 is 0. The molecule has 0 unspecified atom stereocenters. The van der Waals surface area contributed by atoms with Crippen molar-refractivity contribution in [3.63, 3.8) is 0 Å². The molecule has 0 aliphatic carbocycles. The first-order valence-corrected chi connectivity index (χ1v) is 18.7. The average Bonchev–Trinajstić information content (AvgIpc) is 3.14. The molecule has 3 aliphatic rings. The summed E-state index contributed by atoms with van der Waals surface area (Å²) in [6.45, 7) is 10.6. The molecule has 4 atom stereocenters. The molecule has 4 amide bonds. The molecule has 9 heteroatoms. The third kappa shape index (κ3) is 7.83. The van der Waals surface area contributed by atoms with Gasteiger partial charge in [0.1, 0.15) is 0 Å². The van der Waals surface area contributed by atoms with Crippen LogP contribution in [-0.2, 0) is 9.59 Å². The fourth-order valence-corrected chi connectivity index (χ4v) is 8.20. The molecule has 9 nitrogen and oxygen atoms in total. The fraction of sp³-hybridized carbons (Fsp3) is 0.488. The fourth-order valence-electron chi connectivity index (χ4n) is 8.20. The summed E-state index contributed by atoms with van der Waals surface area (Å²) in [6, 6.07) is 25.0. The number of piperidine rings is 1. The summed E-state index contributed by atoms with van der Waals surface area (Å²) in [5.41, 5.74) is 6.15. The van der Waals surface area contributed by atoms with Crippen LogP contribution in [0.5, 0.6) is 0 Å². The number of nitrogens with zero attached hydrogens (tertiary/aromatic N) is 3. The van der Waals surface area contributed by atoms with Crippen LogP contribution in [0.25, 0.3) is 0 Å². The molecule has 0 radical (unpaired) electrons. The number of fused-ring (bicyclic) bond motifs is 2. The summed E-state index contributed by atoms with van der Waals surface area (Å²) in [5.74, 6) is 0.961. The van der Waals surface area contributed by atoms with E-state index in [2.05, 4.69) is 54.1 Å². The van der Waals surface area contributed by atoms with E-state index in [0.29, 0.717) is 18.8 Å². The number of carbonyl (C=O) groups excluding carboxylic acids is 3. The number of urea groups is 1. The van der Waals surface area contributed by atoms with E-state index < -0.39 is 0 Å². The van der Waals surface area contributed by atoms with Crippen LogP contribution in [0.15, 0.2) is 72.8 Å². The zero-order chi connectivity index (χ0) is 35.2. The van der Waals surface area contributed by atoms with Crippen LogP contribution in [0.3, 0.4) is 0 Å². The van der Waals surface area contributed by atoms with Crippen LogP contribution in [-0.4, -0.2) is 54.5 Å². The van der Waals surface area contributed by atoms with Gasteiger partial charge in [-0.3, -0.25) is 9.59 Å². The van der Waals surface area contributed by atoms with Crippen molar-refractivity contribution in [3.8, 4) is 0 Å². The lowest BCUT2D eigenvalue weighted by molar-refractivity contribution is -0.119. The largest absolute Gasteiger partial charge is 0.378 e. The molecule has 3 heterocycles. The van der Waals surface area contributed by atoms with E-state index in [1.807, 2.05) is 77.1 Å². The molecule has 0 bridgehead atoms. The summed E-state index contributed by atoms with van der Waals surface area (Å²) in [5, 5.41) is 10.6. The molecule has 6 rings (SSSR count). The van der Waals surface area contributed by atoms with Crippen molar-refractivity contribution in [2.75, 3.05) is 40.1 Å². The van der Waals surface area contributed by atoms with Crippen LogP contribution in [0.4, 0.5) is 27.5 Å². The van der Waals surface area contributed by atoms with Crippen molar-refractivity contribution in [1.82, 2.24) is 10.2 Å². The standard InChI is InChI=1S/C41H54N6O3/c1-5-39(48)46-28(3)26-35(33-13-7-9-15-37(33)46)42-23-11-12-30-21-24-45(25-22-30)41(50)44-32-19-17-31(18-20-32)43-36-27-29(4)47(40(49)6-2)38-16-10-8-14-34(36)38/h7-10,13-20,28-30,35-36,42-43H,5-6,11-12,21-27H2,1-4H3,(H,44,50)/t28-,29-,35+,36+/m0/s1. The van der Waals surface area contributed by atoms with Gasteiger partial charge in [0.15, 0.2) is 0 Å². The van der Waals surface area contributed by atoms with E-state index in [9.17, 15) is 14.4 Å². The molecular formula is C41H54N6O3. The first-order valence-electron chi connectivity index (χ1n) is 18.7. The maximum atomic E-state index is 13.1. The van der Waals surface area contributed by atoms with Crippen molar-refractivity contribution in [2.24, 2.45) is 5.92 Å². The number of anilines is 4. The monoisotopic (exact) mass is 678 g/mol. The maximum Gasteiger partial charge on any atom is 0.321 e. The van der Waals surface area contributed by atoms with E-state index >= 15 is 0 Å². The number of para-hydroxylation sites is 2. The smallest absolute Gasteiger partial charge is 0.321 e. The second-order valence-electron chi connectivity index (χ2n) is 14.3. The van der Waals surface area contributed by atoms with Gasteiger partial charge in [-0.1, -0.05) is 50.2 Å². The lowest BCUT2D eigenvalue weighted by Gasteiger charge is -2.40. The first kappa shape index (κ1) is 35.5. The number of benzene rings is 3. The van der Waals surface area contributed by atoms with Gasteiger partial charge in [0.25, 0.3) is 0 Å². The van der Waals surface area contributed by atoms with Crippen LogP contribution >= 0.6 is 0 Å². The zero-order valence-electron chi connectivity index (χ0n) is 30.2. The number of likely N-dealkylation sites (tertiary alicyclic amines) is 1. The number of nitrogens with one attached hydrogen (secondary N) is 3. The van der Waals surface area contributed by atoms with Crippen LogP contribution < -0.4 is 25.8 Å². The summed E-state index contributed by atoms with van der Waals surface area (Å²) in [7, 11) is 0. The number of rotatable bonds is 10. The van der Waals surface area contributed by atoms with E-state index in [0.717, 1.165) is 86.5 Å². The summed E-state index contributed by atoms with van der Waals surface area (Å²) in [6.07, 6.45) is 7.05. The highest BCUT2D eigenvalue weighted by Crippen LogP contribution is 2.40. The minimum absolute atomic E-state index is 0.0396. The van der Waals surface area contributed by atoms with E-state index in [1.54, 1.807) is 0 Å². The molecule has 1 fully saturated rings. The predicted molar refractivity (Wildman–Crippen MR) is 203 cm³/mol. The molecule has 0 spiro atoms. The van der Waals surface area contributed by atoms with Gasteiger partial charge < -0.3 is 30.7 Å². The van der Waals surface area contributed by atoms with Gasteiger partial charge in [-0.25, -0.2) is 4.79 Å². The number of hydrogen-bond acceptors (Lipinski definition) is 5. The lowest BCUT2D eigenvalue weighted by atomic mass is 9.90. The Bertz CT molecular complexity index is 1640. The maximum absolute atomic E-state index is 13.1. The van der Waals surface area contributed by atoms with E-state index in [-0.39, 0.29) is 42.0 Å². The Balaban J connectivity index is 0.936. The number of amides is 4. The van der Waals surface area contributed by atoms with Crippen molar-refractivity contribution < 1.29 is 14.4 Å². The normalized spacial score (nSPS) is 22.0. The highest BCUT2D eigenvalue weighted by Gasteiger charge is 2.34. The second-order valence-corrected chi connectivity index (χ2v) is 14.3. The SMILES string of the molecule is CCC(=O)N1c2ccccc2[C@H](NCCCC2CCN(C(=O)Nc3ccc(N[C@@H]4C[C@H](C)N(C(=O)CC)c5ccccc54)cc3)CC2)C[C@@H]1C. The van der Waals surface area contributed by atoms with Gasteiger partial charge in [0.2, 0.25) is 11.8 Å². The molecule has 266 valence electrons. The number of carbonyl (C=O) groups is 3. The Kier molecular flexibility index (Phi) is 11.4. The molecule has 3 aromatic rings. The lowest BCUT2D eigenvalue weighted by Crippen LogP contribution is -2.45. The number of hydrogen-bond donors (Lipinski definition) is 3. The minimum Gasteiger partial charge on any atom is -0.378 e. The van der Waals surface area contributed by atoms with Crippen molar-refractivity contribution in [3.05, 3.63) is 83.9 Å². The Hall–Kier alpha value is -4.37. The molecule has 3 N–H and O–H groups in total. The van der Waals surface area contributed by atoms with Gasteiger partial charge in [0, 0.05) is 66.8 Å². The van der Waals surface area contributed by atoms with Gasteiger partial charge in [-0.2, -0.15) is 0 Å². The Morgan fingerprint density at radius 2 is 1.22 bits per heavy atom. The Morgan fingerprint density at radius 3 is 1.80 bits per heavy atom. The van der Waals surface area contributed by atoms with Gasteiger partial charge in [-0.05, 0) is 112 Å². The van der Waals surface area contributed by atoms with Gasteiger partial charge in [0.05, 0.1) is 6.04 Å². The topological polar surface area (TPSA) is 97.0 Å². The Labute approximate surface area is 297 Å². The van der Waals surface area contributed by atoms with E-state index in [1.165, 1.54) is 5.56 Å². The van der Waals surface area contributed by atoms with Crippen molar-refractivity contribution >= 4 is 40.6 Å². The highest BCUT2D eigenvalue weighted by molar-refractivity contribution is 5.96. The first-order chi connectivity index (χ1) is 24.3. The van der Waals surface area contributed by atoms with Crippen molar-refractivity contribution in [1.29, 1.82) is 0 Å². The minimum atomic E-state index is -0.0396. The molecule has 3 aromatic carbocycles. The van der Waals surface area contributed by atoms with Crippen molar-refractivity contribution in [2.45, 2.75) is 103 Å². The van der Waals surface area contributed by atoms with Crippen LogP contribution in [0.2, 0.25) is 0 Å². The molecular weight excluding hydrogens is 624 g/mol. The molecule has 1 saturated heterocycles. The highest BCUT2D eigenvalue weighted by atomic mass is 16.2. The molecule has 0 aromatic heterocycles. The molecule has 50 heavy (non-hydrogen) atoms. The summed E-state index contributed by atoms with van der Waals surface area (Å²) >= 11 is 0. The quantitative estimate of drug-likeness (QED) is 0.188. The third-order valence-corrected chi connectivity index (χ3v) is 10.9. The Morgan fingerprint density at radius 1 is 0.700 bits per heavy atom. The third-order valence-electron chi connectivity index (χ3n) is 10.9. The summed E-state index contributed by atoms with van der Waals surface area (Å²) in [4.78, 5) is 44.3. The zero-order valence-corrected chi connectivity index (χ0v) is 30.2. The predicted octanol–water partition coefficient (Wildman–Crippen LogP) is 8.27. The van der Waals surface area contributed by atoms with E-state index in [4.69, 9.17) is 0 Å². The van der Waals surface area contributed by atoms with Crippen LogP contribution in [0.1, 0.15) is 102 Å². The van der Waals surface area contributed by atoms with Gasteiger partial charge >= 0.3 is 6.03 Å². The average molecular weight is 679 g/mol. The van der Waals surface area contributed by atoms with Gasteiger partial charge in [-0.15, -0.1) is 0 Å². The molecule has 3 aliphatic heterocycles. The molecule has 0 saturated carbocycles.